The number of imidazole rings is 1. The Morgan fingerprint density at radius 3 is 2.78 bits per heavy atom. The van der Waals surface area contributed by atoms with Gasteiger partial charge < -0.3 is 10.7 Å². The molecule has 3 rings (SSSR count). The maximum atomic E-state index is 6.02. The Kier molecular flexibility index (Phi) is 2.94. The lowest BCUT2D eigenvalue weighted by Crippen LogP contribution is -2.33. The van der Waals surface area contributed by atoms with Gasteiger partial charge in [0.25, 0.3) is 0 Å². The van der Waals surface area contributed by atoms with Gasteiger partial charge in [0.1, 0.15) is 5.82 Å². The van der Waals surface area contributed by atoms with Crippen molar-refractivity contribution in [3.05, 3.63) is 28.0 Å². The summed E-state index contributed by atoms with van der Waals surface area (Å²) in [6.45, 7) is 2.79. The summed E-state index contributed by atoms with van der Waals surface area (Å²) in [5.41, 5.74) is 9.49. The normalized spacial score (nSPS) is 18.6. The lowest BCUT2D eigenvalue weighted by atomic mass is 9.85. The lowest BCUT2D eigenvalue weighted by molar-refractivity contribution is 0.430. The van der Waals surface area contributed by atoms with E-state index in [4.69, 9.17) is 10.7 Å². The van der Waals surface area contributed by atoms with Gasteiger partial charge in [-0.3, -0.25) is 0 Å². The molecule has 4 heteroatoms. The molecule has 96 valence electrons. The van der Waals surface area contributed by atoms with Gasteiger partial charge in [0.2, 0.25) is 0 Å². The first kappa shape index (κ1) is 12.2. The van der Waals surface area contributed by atoms with Gasteiger partial charge in [0, 0.05) is 16.4 Å². The van der Waals surface area contributed by atoms with Crippen molar-refractivity contribution in [3.63, 3.8) is 0 Å². The van der Waals surface area contributed by atoms with Crippen molar-refractivity contribution in [1.82, 2.24) is 9.97 Å². The first-order chi connectivity index (χ1) is 8.64. The molecule has 0 aliphatic heterocycles. The van der Waals surface area contributed by atoms with Gasteiger partial charge in [-0.05, 0) is 37.5 Å². The average molecular weight is 308 g/mol. The number of aromatic amines is 1. The SMILES string of the molecule is Cc1cc(Br)cc2[nH]c(C3(CN)CCCC3)nc12. The monoisotopic (exact) mass is 307 g/mol. The summed E-state index contributed by atoms with van der Waals surface area (Å²) >= 11 is 3.53. The van der Waals surface area contributed by atoms with Crippen molar-refractivity contribution >= 4 is 27.0 Å². The predicted molar refractivity (Wildman–Crippen MR) is 77.7 cm³/mol. The van der Waals surface area contributed by atoms with Crippen LogP contribution in [0.2, 0.25) is 0 Å². The molecule has 1 aromatic heterocycles. The maximum absolute atomic E-state index is 6.02. The van der Waals surface area contributed by atoms with Crippen LogP contribution in [-0.2, 0) is 5.41 Å². The van der Waals surface area contributed by atoms with Gasteiger partial charge in [-0.2, -0.15) is 0 Å². The van der Waals surface area contributed by atoms with E-state index in [0.717, 1.165) is 34.2 Å². The molecule has 2 aromatic rings. The van der Waals surface area contributed by atoms with Crippen LogP contribution < -0.4 is 5.73 Å². The van der Waals surface area contributed by atoms with Crippen LogP contribution in [0.5, 0.6) is 0 Å². The topological polar surface area (TPSA) is 54.7 Å². The number of benzene rings is 1. The molecule has 0 saturated heterocycles. The van der Waals surface area contributed by atoms with Crippen LogP contribution in [0.25, 0.3) is 11.0 Å². The van der Waals surface area contributed by atoms with Gasteiger partial charge in [0.05, 0.1) is 11.0 Å². The second-order valence-electron chi connectivity index (χ2n) is 5.40. The molecular weight excluding hydrogens is 290 g/mol. The molecule has 0 unspecified atom stereocenters. The summed E-state index contributed by atoms with van der Waals surface area (Å²) < 4.78 is 1.09. The van der Waals surface area contributed by atoms with E-state index < -0.39 is 0 Å². The smallest absolute Gasteiger partial charge is 0.114 e. The molecular formula is C14H18BrN3. The van der Waals surface area contributed by atoms with Crippen molar-refractivity contribution in [1.29, 1.82) is 0 Å². The summed E-state index contributed by atoms with van der Waals surface area (Å²) in [4.78, 5) is 8.31. The molecule has 3 N–H and O–H groups in total. The van der Waals surface area contributed by atoms with Crippen LogP contribution in [-0.4, -0.2) is 16.5 Å². The highest BCUT2D eigenvalue weighted by atomic mass is 79.9. The highest BCUT2D eigenvalue weighted by molar-refractivity contribution is 9.10. The number of nitrogens with two attached hydrogens (primary N) is 1. The summed E-state index contributed by atoms with van der Waals surface area (Å²) in [5, 5.41) is 0. The Hall–Kier alpha value is -0.870. The van der Waals surface area contributed by atoms with Gasteiger partial charge in [-0.25, -0.2) is 4.98 Å². The highest BCUT2D eigenvalue weighted by Crippen LogP contribution is 2.39. The number of nitrogens with one attached hydrogen (secondary N) is 1. The fourth-order valence-corrected chi connectivity index (χ4v) is 3.66. The van der Waals surface area contributed by atoms with Crippen LogP contribution in [0.1, 0.15) is 37.1 Å². The van der Waals surface area contributed by atoms with E-state index in [1.165, 1.54) is 18.4 Å². The number of halogens is 1. The van der Waals surface area contributed by atoms with Gasteiger partial charge in [-0.15, -0.1) is 0 Å². The van der Waals surface area contributed by atoms with E-state index in [9.17, 15) is 0 Å². The molecule has 3 nitrogen and oxygen atoms in total. The van der Waals surface area contributed by atoms with Crippen molar-refractivity contribution in [3.8, 4) is 0 Å². The number of hydrogen-bond acceptors (Lipinski definition) is 2. The third-order valence-corrected chi connectivity index (χ3v) is 4.65. The largest absolute Gasteiger partial charge is 0.341 e. The fourth-order valence-electron chi connectivity index (χ4n) is 3.09. The summed E-state index contributed by atoms with van der Waals surface area (Å²) in [5.74, 6) is 1.08. The van der Waals surface area contributed by atoms with E-state index in [1.54, 1.807) is 0 Å². The van der Waals surface area contributed by atoms with Crippen LogP contribution >= 0.6 is 15.9 Å². The molecule has 1 fully saturated rings. The maximum Gasteiger partial charge on any atom is 0.114 e. The van der Waals surface area contributed by atoms with Crippen molar-refractivity contribution < 1.29 is 0 Å². The standard InChI is InChI=1S/C14H18BrN3/c1-9-6-10(15)7-11-12(9)18-13(17-11)14(8-16)4-2-3-5-14/h6-7H,2-5,8,16H2,1H3,(H,17,18). The van der Waals surface area contributed by atoms with E-state index in [2.05, 4.69) is 40.0 Å². The number of fused-ring (bicyclic) bond motifs is 1. The highest BCUT2D eigenvalue weighted by Gasteiger charge is 2.37. The van der Waals surface area contributed by atoms with Crippen molar-refractivity contribution in [2.24, 2.45) is 5.73 Å². The molecule has 0 amide bonds. The van der Waals surface area contributed by atoms with Gasteiger partial charge in [-0.1, -0.05) is 28.8 Å². The molecule has 18 heavy (non-hydrogen) atoms. The third kappa shape index (κ3) is 1.79. The summed E-state index contributed by atoms with van der Waals surface area (Å²) in [6, 6.07) is 4.20. The van der Waals surface area contributed by atoms with E-state index in [1.807, 2.05) is 0 Å². The minimum Gasteiger partial charge on any atom is -0.341 e. The minimum absolute atomic E-state index is 0.0813. The fraction of sp³-hybridized carbons (Fsp3) is 0.500. The van der Waals surface area contributed by atoms with Gasteiger partial charge >= 0.3 is 0 Å². The Labute approximate surface area is 115 Å². The Morgan fingerprint density at radius 1 is 1.39 bits per heavy atom. The molecule has 1 heterocycles. The minimum atomic E-state index is 0.0813. The van der Waals surface area contributed by atoms with Crippen LogP contribution in [0.15, 0.2) is 16.6 Å². The second kappa shape index (κ2) is 4.35. The first-order valence-corrected chi connectivity index (χ1v) is 7.30. The van der Waals surface area contributed by atoms with Crippen molar-refractivity contribution in [2.75, 3.05) is 6.54 Å². The molecule has 0 bridgehead atoms. The second-order valence-corrected chi connectivity index (χ2v) is 6.31. The zero-order valence-corrected chi connectivity index (χ0v) is 12.2. The zero-order chi connectivity index (χ0) is 12.8. The predicted octanol–water partition coefficient (Wildman–Crippen LogP) is 3.40. The number of H-pyrrole nitrogens is 1. The average Bonchev–Trinajstić information content (AvgIpc) is 2.94. The molecule has 0 radical (unpaired) electrons. The molecule has 1 aliphatic carbocycles. The molecule has 0 spiro atoms. The number of aromatic nitrogens is 2. The lowest BCUT2D eigenvalue weighted by Gasteiger charge is -2.24. The van der Waals surface area contributed by atoms with Crippen LogP contribution in [0.4, 0.5) is 0 Å². The molecule has 1 aromatic carbocycles. The molecule has 1 aliphatic rings. The summed E-state index contributed by atoms with van der Waals surface area (Å²) in [6.07, 6.45) is 4.83. The van der Waals surface area contributed by atoms with Gasteiger partial charge in [0.15, 0.2) is 0 Å². The van der Waals surface area contributed by atoms with Crippen LogP contribution in [0, 0.1) is 6.92 Å². The third-order valence-electron chi connectivity index (χ3n) is 4.20. The zero-order valence-electron chi connectivity index (χ0n) is 10.6. The number of hydrogen-bond donors (Lipinski definition) is 2. The van der Waals surface area contributed by atoms with E-state index in [-0.39, 0.29) is 5.41 Å². The first-order valence-electron chi connectivity index (χ1n) is 6.51. The Balaban J connectivity index is 2.16. The number of aryl methyl sites for hydroxylation is 1. The quantitative estimate of drug-likeness (QED) is 0.893. The Morgan fingerprint density at radius 2 is 2.11 bits per heavy atom. The number of nitrogens with zero attached hydrogens (tertiary/aromatic N) is 1. The summed E-state index contributed by atoms with van der Waals surface area (Å²) in [7, 11) is 0. The van der Waals surface area contributed by atoms with E-state index >= 15 is 0 Å². The van der Waals surface area contributed by atoms with Crippen LogP contribution in [0.3, 0.4) is 0 Å². The van der Waals surface area contributed by atoms with E-state index in [0.29, 0.717) is 6.54 Å². The number of rotatable bonds is 2. The Bertz CT molecular complexity index is 582. The molecule has 1 saturated carbocycles. The van der Waals surface area contributed by atoms with Crippen molar-refractivity contribution in [2.45, 2.75) is 38.0 Å². The molecule has 0 atom stereocenters.